The number of hydrogen-bond donors (Lipinski definition) is 1. The molecule has 1 N–H and O–H groups in total. The summed E-state index contributed by atoms with van der Waals surface area (Å²) in [7, 11) is 1.47. The minimum Gasteiger partial charge on any atom is -0.494 e. The second-order valence-corrected chi connectivity index (χ2v) is 7.06. The maximum atomic E-state index is 12.7. The number of nitrogens with zero attached hydrogens (tertiary/aromatic N) is 2. The van der Waals surface area contributed by atoms with Crippen LogP contribution in [0.15, 0.2) is 36.7 Å². The number of benzene rings is 1. The van der Waals surface area contributed by atoms with Crippen molar-refractivity contribution >= 4 is 35.0 Å². The number of amides is 2. The van der Waals surface area contributed by atoms with Gasteiger partial charge in [0.15, 0.2) is 5.75 Å². The molecule has 0 atom stereocenters. The number of piperidine rings is 1. The van der Waals surface area contributed by atoms with Gasteiger partial charge in [0, 0.05) is 42.7 Å². The fraction of sp³-hybridized carbons (Fsp3) is 0.316. The van der Waals surface area contributed by atoms with E-state index in [-0.39, 0.29) is 17.9 Å². The van der Waals surface area contributed by atoms with Crippen LogP contribution in [0.5, 0.6) is 5.75 Å². The van der Waals surface area contributed by atoms with Crippen LogP contribution in [0.25, 0.3) is 0 Å². The lowest BCUT2D eigenvalue weighted by atomic mass is 10.0. The molecule has 0 spiro atoms. The van der Waals surface area contributed by atoms with E-state index >= 15 is 0 Å². The molecule has 2 heterocycles. The van der Waals surface area contributed by atoms with Crippen molar-refractivity contribution in [1.82, 2.24) is 15.2 Å². The zero-order valence-corrected chi connectivity index (χ0v) is 16.3. The third kappa shape index (κ3) is 4.51. The number of pyridine rings is 1. The van der Waals surface area contributed by atoms with Gasteiger partial charge in [-0.15, -0.1) is 0 Å². The lowest BCUT2D eigenvalue weighted by molar-refractivity contribution is 0.0698. The highest BCUT2D eigenvalue weighted by molar-refractivity contribution is 6.37. The number of rotatable bonds is 4. The van der Waals surface area contributed by atoms with Crippen molar-refractivity contribution in [3.05, 3.63) is 57.8 Å². The van der Waals surface area contributed by atoms with Crippen LogP contribution in [-0.2, 0) is 0 Å². The standard InChI is InChI=1S/C19H19Cl2N3O3/c1-27-17-15(20)10-13(11-16(17)21)19(26)24-8-4-14(5-9-24)23-18(25)12-2-6-22-7-3-12/h2-3,6-7,10-11,14H,4-5,8-9H2,1H3,(H,23,25). The molecule has 0 saturated carbocycles. The number of methoxy groups -OCH3 is 1. The Morgan fingerprint density at radius 2 is 1.70 bits per heavy atom. The first-order chi connectivity index (χ1) is 13.0. The quantitative estimate of drug-likeness (QED) is 0.842. The van der Waals surface area contributed by atoms with Crippen LogP contribution in [0.3, 0.4) is 0 Å². The van der Waals surface area contributed by atoms with E-state index in [9.17, 15) is 9.59 Å². The summed E-state index contributed by atoms with van der Waals surface area (Å²) in [5.74, 6) is 0.0867. The topological polar surface area (TPSA) is 71.5 Å². The van der Waals surface area contributed by atoms with Crippen LogP contribution >= 0.6 is 23.2 Å². The lowest BCUT2D eigenvalue weighted by Crippen LogP contribution is -2.46. The van der Waals surface area contributed by atoms with Crippen LogP contribution in [0.2, 0.25) is 10.0 Å². The first kappa shape index (κ1) is 19.5. The van der Waals surface area contributed by atoms with Crippen molar-refractivity contribution in [2.45, 2.75) is 18.9 Å². The number of aromatic nitrogens is 1. The molecule has 1 fully saturated rings. The molecule has 0 unspecified atom stereocenters. The average Bonchev–Trinajstić information content (AvgIpc) is 2.68. The van der Waals surface area contributed by atoms with E-state index < -0.39 is 0 Å². The lowest BCUT2D eigenvalue weighted by Gasteiger charge is -2.32. The molecule has 0 aliphatic carbocycles. The van der Waals surface area contributed by atoms with E-state index in [1.165, 1.54) is 7.11 Å². The van der Waals surface area contributed by atoms with E-state index in [0.717, 1.165) is 0 Å². The molecule has 6 nitrogen and oxygen atoms in total. The second-order valence-electron chi connectivity index (χ2n) is 6.25. The molecular weight excluding hydrogens is 389 g/mol. The Morgan fingerprint density at radius 3 is 2.26 bits per heavy atom. The molecule has 142 valence electrons. The molecule has 1 aromatic carbocycles. The number of likely N-dealkylation sites (tertiary alicyclic amines) is 1. The minimum atomic E-state index is -0.139. The highest BCUT2D eigenvalue weighted by atomic mass is 35.5. The summed E-state index contributed by atoms with van der Waals surface area (Å²) in [5.41, 5.74) is 0.996. The van der Waals surface area contributed by atoms with E-state index in [4.69, 9.17) is 27.9 Å². The largest absolute Gasteiger partial charge is 0.494 e. The van der Waals surface area contributed by atoms with Gasteiger partial charge in [-0.2, -0.15) is 0 Å². The predicted molar refractivity (Wildman–Crippen MR) is 104 cm³/mol. The van der Waals surface area contributed by atoms with Crippen LogP contribution in [0.1, 0.15) is 33.6 Å². The van der Waals surface area contributed by atoms with Gasteiger partial charge in [-0.3, -0.25) is 14.6 Å². The summed E-state index contributed by atoms with van der Waals surface area (Å²) in [6.07, 6.45) is 4.53. The van der Waals surface area contributed by atoms with Crippen molar-refractivity contribution in [1.29, 1.82) is 0 Å². The van der Waals surface area contributed by atoms with Gasteiger partial charge in [0.25, 0.3) is 11.8 Å². The van der Waals surface area contributed by atoms with Crippen LogP contribution in [0, 0.1) is 0 Å². The maximum absolute atomic E-state index is 12.7. The summed E-state index contributed by atoms with van der Waals surface area (Å²) < 4.78 is 5.11. The van der Waals surface area contributed by atoms with Crippen molar-refractivity contribution in [2.24, 2.45) is 0 Å². The number of ether oxygens (including phenoxy) is 1. The first-order valence-corrected chi connectivity index (χ1v) is 9.28. The second kappa shape index (κ2) is 8.59. The van der Waals surface area contributed by atoms with Crippen LogP contribution < -0.4 is 10.1 Å². The van der Waals surface area contributed by atoms with Crippen molar-refractivity contribution < 1.29 is 14.3 Å². The van der Waals surface area contributed by atoms with Gasteiger partial charge in [-0.05, 0) is 37.1 Å². The molecule has 0 radical (unpaired) electrons. The maximum Gasteiger partial charge on any atom is 0.253 e. The van der Waals surface area contributed by atoms with Crippen molar-refractivity contribution in [3.63, 3.8) is 0 Å². The van der Waals surface area contributed by atoms with Gasteiger partial charge in [-0.25, -0.2) is 0 Å². The molecule has 8 heteroatoms. The summed E-state index contributed by atoms with van der Waals surface area (Å²) in [6.45, 7) is 1.09. The molecule has 1 aromatic heterocycles. The summed E-state index contributed by atoms with van der Waals surface area (Å²) >= 11 is 12.2. The van der Waals surface area contributed by atoms with Crippen LogP contribution in [-0.4, -0.2) is 47.9 Å². The Morgan fingerprint density at radius 1 is 1.11 bits per heavy atom. The molecule has 1 aliphatic heterocycles. The summed E-state index contributed by atoms with van der Waals surface area (Å²) in [5, 5.41) is 3.60. The van der Waals surface area contributed by atoms with Crippen LogP contribution in [0.4, 0.5) is 0 Å². The normalized spacial score (nSPS) is 14.7. The highest BCUT2D eigenvalue weighted by Crippen LogP contribution is 2.34. The Balaban J connectivity index is 1.59. The minimum absolute atomic E-state index is 0.0257. The zero-order chi connectivity index (χ0) is 19.4. The van der Waals surface area contributed by atoms with Gasteiger partial charge >= 0.3 is 0 Å². The average molecular weight is 408 g/mol. The smallest absolute Gasteiger partial charge is 0.253 e. The van der Waals surface area contributed by atoms with E-state index in [1.54, 1.807) is 41.6 Å². The predicted octanol–water partition coefficient (Wildman–Crippen LogP) is 3.43. The van der Waals surface area contributed by atoms with E-state index in [2.05, 4.69) is 10.3 Å². The Kier molecular flexibility index (Phi) is 6.19. The molecule has 2 aromatic rings. The number of hydrogen-bond acceptors (Lipinski definition) is 4. The Hall–Kier alpha value is -2.31. The van der Waals surface area contributed by atoms with Crippen molar-refractivity contribution in [2.75, 3.05) is 20.2 Å². The fourth-order valence-electron chi connectivity index (χ4n) is 3.06. The molecule has 1 aliphatic rings. The van der Waals surface area contributed by atoms with Gasteiger partial charge in [0.2, 0.25) is 0 Å². The number of carbonyl (C=O) groups excluding carboxylic acids is 2. The van der Waals surface area contributed by atoms with Gasteiger partial charge in [0.1, 0.15) is 0 Å². The monoisotopic (exact) mass is 407 g/mol. The Labute approximate surface area is 167 Å². The summed E-state index contributed by atoms with van der Waals surface area (Å²) in [4.78, 5) is 30.6. The van der Waals surface area contributed by atoms with Gasteiger partial charge < -0.3 is 15.0 Å². The first-order valence-electron chi connectivity index (χ1n) is 8.52. The molecule has 2 amide bonds. The number of carbonyl (C=O) groups is 2. The van der Waals surface area contributed by atoms with Crippen molar-refractivity contribution in [3.8, 4) is 5.75 Å². The van der Waals surface area contributed by atoms with E-state index in [1.807, 2.05) is 0 Å². The fourth-order valence-corrected chi connectivity index (χ4v) is 3.70. The number of halogens is 2. The van der Waals surface area contributed by atoms with Gasteiger partial charge in [-0.1, -0.05) is 23.2 Å². The van der Waals surface area contributed by atoms with Gasteiger partial charge in [0.05, 0.1) is 17.2 Å². The third-order valence-corrected chi connectivity index (χ3v) is 5.07. The zero-order valence-electron chi connectivity index (χ0n) is 14.7. The molecule has 27 heavy (non-hydrogen) atoms. The molecule has 1 saturated heterocycles. The highest BCUT2D eigenvalue weighted by Gasteiger charge is 2.26. The third-order valence-electron chi connectivity index (χ3n) is 4.51. The SMILES string of the molecule is COc1c(Cl)cc(C(=O)N2CCC(NC(=O)c3ccncc3)CC2)cc1Cl. The summed E-state index contributed by atoms with van der Waals surface area (Å²) in [6, 6.07) is 6.49. The van der Waals surface area contributed by atoms with E-state index in [0.29, 0.717) is 52.9 Å². The molecular formula is C19H19Cl2N3O3. The molecule has 3 rings (SSSR count). The Bertz CT molecular complexity index is 814. The number of nitrogens with one attached hydrogen (secondary N) is 1. The molecule has 0 bridgehead atoms.